The van der Waals surface area contributed by atoms with Gasteiger partial charge >= 0.3 is 0 Å². The zero-order valence-electron chi connectivity index (χ0n) is 46.8. The summed E-state index contributed by atoms with van der Waals surface area (Å²) >= 11 is 0. The Kier molecular flexibility index (Phi) is 10.3. The normalized spacial score (nSPS) is 12.6. The van der Waals surface area contributed by atoms with Gasteiger partial charge in [0.25, 0.3) is 0 Å². The van der Waals surface area contributed by atoms with E-state index in [1.54, 1.807) is 0 Å². The van der Waals surface area contributed by atoms with Crippen molar-refractivity contribution in [3.8, 4) is 0 Å². The van der Waals surface area contributed by atoms with E-state index in [2.05, 4.69) is 261 Å². The second-order valence-electron chi connectivity index (χ2n) is 24.2. The number of rotatable bonds is 6. The SMILES string of the molecule is Cc1ccccc1N(c1ccc2cc3c(cc2c1)oc1c(C)c2c(oc4cc5cc(N(c6ccccc6C)c6cccc7c6oc6c(C(C)(C)C)cccc67)ccc5cc42)c(C)c13)c1cccc2c1oc1c(C(C)(C)C)cccc12. The summed E-state index contributed by atoms with van der Waals surface area (Å²) in [5.74, 6) is 0. The van der Waals surface area contributed by atoms with Crippen LogP contribution in [-0.4, -0.2) is 0 Å². The molecule has 0 saturated heterocycles. The highest BCUT2D eigenvalue weighted by atomic mass is 16.3. The number of furan rings is 4. The lowest BCUT2D eigenvalue weighted by molar-refractivity contribution is 0.572. The van der Waals surface area contributed by atoms with Crippen LogP contribution in [0.5, 0.6) is 0 Å². The molecule has 0 amide bonds. The van der Waals surface area contributed by atoms with E-state index < -0.39 is 0 Å². The fraction of sp³-hybridized carbons (Fsp3) is 0.162. The van der Waals surface area contributed by atoms with Gasteiger partial charge in [0.05, 0.1) is 11.4 Å². The monoisotopic (exact) mass is 1040 g/mol. The minimum absolute atomic E-state index is 0.0856. The Morgan fingerprint density at radius 1 is 0.300 bits per heavy atom. The molecule has 0 spiro atoms. The van der Waals surface area contributed by atoms with E-state index in [-0.39, 0.29) is 10.8 Å². The van der Waals surface area contributed by atoms with E-state index in [0.29, 0.717) is 0 Å². The minimum Gasteiger partial charge on any atom is -0.456 e. The van der Waals surface area contributed by atoms with Gasteiger partial charge in [0.1, 0.15) is 33.5 Å². The molecule has 0 aliphatic heterocycles. The summed E-state index contributed by atoms with van der Waals surface area (Å²) in [5.41, 5.74) is 20.0. The van der Waals surface area contributed by atoms with E-state index in [4.69, 9.17) is 17.7 Å². The topological polar surface area (TPSA) is 59.0 Å². The summed E-state index contributed by atoms with van der Waals surface area (Å²) in [7, 11) is 0. The first-order valence-electron chi connectivity index (χ1n) is 27.9. The highest BCUT2D eigenvalue weighted by Gasteiger charge is 2.28. The van der Waals surface area contributed by atoms with Gasteiger partial charge in [-0.15, -0.1) is 0 Å². The molecule has 0 radical (unpaired) electrons. The van der Waals surface area contributed by atoms with E-state index in [0.717, 1.165) is 166 Å². The summed E-state index contributed by atoms with van der Waals surface area (Å²) in [6.07, 6.45) is 0. The Hall–Kier alpha value is -9.26. The van der Waals surface area contributed by atoms with E-state index in [9.17, 15) is 0 Å². The second kappa shape index (κ2) is 17.1. The molecule has 15 rings (SSSR count). The third-order valence-electron chi connectivity index (χ3n) is 17.0. The molecule has 80 heavy (non-hydrogen) atoms. The number of benzene rings is 11. The van der Waals surface area contributed by atoms with Gasteiger partial charge in [-0.2, -0.15) is 0 Å². The van der Waals surface area contributed by atoms with Crippen LogP contribution in [0.25, 0.3) is 109 Å². The molecule has 0 saturated carbocycles. The lowest BCUT2D eigenvalue weighted by atomic mass is 9.86. The van der Waals surface area contributed by atoms with Gasteiger partial charge in [-0.25, -0.2) is 0 Å². The van der Waals surface area contributed by atoms with Crippen molar-refractivity contribution in [1.29, 1.82) is 0 Å². The van der Waals surface area contributed by atoms with Crippen LogP contribution in [0.1, 0.15) is 74.9 Å². The second-order valence-corrected chi connectivity index (χ2v) is 24.2. The zero-order valence-corrected chi connectivity index (χ0v) is 46.8. The molecule has 0 N–H and O–H groups in total. The number of anilines is 6. The Morgan fingerprint density at radius 3 is 1.07 bits per heavy atom. The van der Waals surface area contributed by atoms with E-state index in [1.807, 2.05) is 0 Å². The number of aryl methyl sites for hydroxylation is 4. The number of fused-ring (bicyclic) bond motifs is 14. The maximum absolute atomic E-state index is 7.03. The molecule has 6 heteroatoms. The van der Waals surface area contributed by atoms with Crippen LogP contribution in [0.15, 0.2) is 200 Å². The molecule has 6 nitrogen and oxygen atoms in total. The highest BCUT2D eigenvalue weighted by molar-refractivity contribution is 6.22. The molecule has 4 heterocycles. The van der Waals surface area contributed by atoms with Crippen molar-refractivity contribution in [3.05, 3.63) is 215 Å². The Morgan fingerprint density at radius 2 is 0.675 bits per heavy atom. The van der Waals surface area contributed by atoms with Crippen molar-refractivity contribution in [1.82, 2.24) is 0 Å². The van der Waals surface area contributed by atoms with Gasteiger partial charge in [0, 0.05) is 88.1 Å². The quantitative estimate of drug-likeness (QED) is 0.165. The van der Waals surface area contributed by atoms with Gasteiger partial charge in [0.2, 0.25) is 0 Å². The number of nitrogens with zero attached hydrogens (tertiary/aromatic N) is 2. The molecule has 0 aliphatic carbocycles. The first-order chi connectivity index (χ1) is 38.6. The molecule has 4 aromatic heterocycles. The van der Waals surface area contributed by atoms with Gasteiger partial charge in [-0.1, -0.05) is 151 Å². The molecule has 0 bridgehead atoms. The molecule has 0 fully saturated rings. The van der Waals surface area contributed by atoms with Crippen molar-refractivity contribution in [2.45, 2.75) is 80.1 Å². The lowest BCUT2D eigenvalue weighted by Gasteiger charge is -2.27. The predicted molar refractivity (Wildman–Crippen MR) is 336 cm³/mol. The zero-order chi connectivity index (χ0) is 54.7. The molecule has 390 valence electrons. The Labute approximate surface area is 464 Å². The molecular formula is C74H60N2O4. The third-order valence-corrected chi connectivity index (χ3v) is 17.0. The number of hydrogen-bond donors (Lipinski definition) is 0. The molecule has 0 unspecified atom stereocenters. The van der Waals surface area contributed by atoms with E-state index in [1.165, 1.54) is 11.1 Å². The fourth-order valence-corrected chi connectivity index (χ4v) is 13.0. The highest BCUT2D eigenvalue weighted by Crippen LogP contribution is 2.50. The summed E-state index contributed by atoms with van der Waals surface area (Å²) in [5, 5.41) is 13.2. The van der Waals surface area contributed by atoms with Crippen molar-refractivity contribution >= 4 is 143 Å². The number of para-hydroxylation sites is 6. The maximum atomic E-state index is 7.03. The Balaban J connectivity index is 0.858. The first kappa shape index (κ1) is 47.9. The minimum atomic E-state index is -0.0856. The predicted octanol–water partition coefficient (Wildman–Crippen LogP) is 22.4. The van der Waals surface area contributed by atoms with Crippen LogP contribution in [-0.2, 0) is 10.8 Å². The summed E-state index contributed by atoms with van der Waals surface area (Å²) in [6, 6.07) is 65.8. The molecule has 15 aromatic rings. The van der Waals surface area contributed by atoms with Gasteiger partial charge in [0.15, 0.2) is 11.2 Å². The van der Waals surface area contributed by atoms with Crippen molar-refractivity contribution in [3.63, 3.8) is 0 Å². The van der Waals surface area contributed by atoms with Gasteiger partial charge in [-0.05, 0) is 144 Å². The first-order valence-corrected chi connectivity index (χ1v) is 27.9. The van der Waals surface area contributed by atoms with Crippen LogP contribution < -0.4 is 9.80 Å². The summed E-state index contributed by atoms with van der Waals surface area (Å²) in [4.78, 5) is 4.70. The number of hydrogen-bond acceptors (Lipinski definition) is 6. The fourth-order valence-electron chi connectivity index (χ4n) is 13.0. The smallest absolute Gasteiger partial charge is 0.159 e. The Bertz CT molecular complexity index is 4780. The molecule has 0 aliphatic rings. The molecule has 11 aromatic carbocycles. The van der Waals surface area contributed by atoms with E-state index >= 15 is 0 Å². The van der Waals surface area contributed by atoms with Crippen molar-refractivity contribution in [2.24, 2.45) is 0 Å². The average molecular weight is 1040 g/mol. The van der Waals surface area contributed by atoms with Crippen LogP contribution in [0.4, 0.5) is 34.1 Å². The summed E-state index contributed by atoms with van der Waals surface area (Å²) in [6.45, 7) is 22.2. The van der Waals surface area contributed by atoms with Crippen LogP contribution in [0.3, 0.4) is 0 Å². The van der Waals surface area contributed by atoms with Gasteiger partial charge < -0.3 is 27.5 Å². The standard InChI is InChI=1S/C74H60N2O4/c1-41-19-11-13-27-59(41)75(61-29-17-23-53-51-21-15-25-57(73(5,6)7)69(51)79-71(53)61)49-33-31-45-37-55-63(39-47(45)35-49)77-67-44(4)66-56-38-46-32-34-50(36-48(46)40-64(56)78-68(66)43(3)65(55)67)76(60-28-14-12-20-42(60)2)62-30-18-24-54-52-22-16-26-58(74(8,9)10)70(52)80-72(54)62/h11-40H,1-10H3. The van der Waals surface area contributed by atoms with Crippen LogP contribution in [0.2, 0.25) is 0 Å². The third kappa shape index (κ3) is 7.10. The largest absolute Gasteiger partial charge is 0.456 e. The lowest BCUT2D eigenvalue weighted by Crippen LogP contribution is -2.11. The van der Waals surface area contributed by atoms with Gasteiger partial charge in [-0.3, -0.25) is 0 Å². The van der Waals surface area contributed by atoms with Crippen LogP contribution >= 0.6 is 0 Å². The average Bonchev–Trinajstić information content (AvgIpc) is 4.03. The van der Waals surface area contributed by atoms with Crippen LogP contribution in [0, 0.1) is 27.7 Å². The summed E-state index contributed by atoms with van der Waals surface area (Å²) < 4.78 is 28.0. The maximum Gasteiger partial charge on any atom is 0.159 e. The molecule has 0 atom stereocenters. The van der Waals surface area contributed by atoms with Crippen molar-refractivity contribution in [2.75, 3.05) is 9.80 Å². The van der Waals surface area contributed by atoms with Crippen molar-refractivity contribution < 1.29 is 17.7 Å². The molecular weight excluding hydrogens is 981 g/mol.